The number of urea groups is 1. The molecule has 0 radical (unpaired) electrons. The number of aromatic nitrogens is 3. The Balaban J connectivity index is 1.35. The lowest BCUT2D eigenvalue weighted by atomic mass is 10.1. The third-order valence-electron chi connectivity index (χ3n) is 6.82. The molecule has 0 saturated carbocycles. The zero-order chi connectivity index (χ0) is 32.0. The summed E-state index contributed by atoms with van der Waals surface area (Å²) < 4.78 is 30.7. The summed E-state index contributed by atoms with van der Waals surface area (Å²) in [4.78, 5) is 29.4. The Bertz CT molecular complexity index is 1950. The highest BCUT2D eigenvalue weighted by Crippen LogP contribution is 2.35. The quantitative estimate of drug-likeness (QED) is 0.152. The molecule has 3 N–H and O–H groups in total. The van der Waals surface area contributed by atoms with E-state index in [-0.39, 0.29) is 5.82 Å². The van der Waals surface area contributed by atoms with Crippen molar-refractivity contribution in [3.63, 3.8) is 0 Å². The Hall–Kier alpha value is -5.23. The van der Waals surface area contributed by atoms with Gasteiger partial charge in [0.2, 0.25) is 5.91 Å². The number of nitrogens with zero attached hydrogens (tertiary/aromatic N) is 3. The van der Waals surface area contributed by atoms with Crippen molar-refractivity contribution in [3.8, 4) is 17.2 Å². The van der Waals surface area contributed by atoms with Crippen molar-refractivity contribution in [2.75, 3.05) is 28.0 Å². The molecular formula is C33H34N6O5S. The van der Waals surface area contributed by atoms with Gasteiger partial charge in [-0.3, -0.25) is 10.1 Å². The van der Waals surface area contributed by atoms with Crippen LogP contribution in [0, 0.1) is 6.92 Å². The number of sulfone groups is 1. The smallest absolute Gasteiger partial charge is 0.324 e. The van der Waals surface area contributed by atoms with Crippen molar-refractivity contribution >= 4 is 49.9 Å². The van der Waals surface area contributed by atoms with Gasteiger partial charge < -0.3 is 15.4 Å². The molecule has 0 saturated heterocycles. The Labute approximate surface area is 261 Å². The lowest BCUT2D eigenvalue weighted by Crippen LogP contribution is -2.22. The van der Waals surface area contributed by atoms with Gasteiger partial charge >= 0.3 is 6.03 Å². The second-order valence-electron chi connectivity index (χ2n) is 10.7. The molecule has 12 heteroatoms. The lowest BCUT2D eigenvalue weighted by Gasteiger charge is -2.14. The summed E-state index contributed by atoms with van der Waals surface area (Å²) in [6.45, 7) is 4.15. The maximum atomic E-state index is 13.3. The van der Waals surface area contributed by atoms with E-state index in [9.17, 15) is 18.0 Å². The molecule has 0 aliphatic rings. The monoisotopic (exact) mass is 626 g/mol. The number of aryl methyl sites for hydroxylation is 2. The van der Waals surface area contributed by atoms with Crippen molar-refractivity contribution in [2.45, 2.75) is 33.1 Å². The van der Waals surface area contributed by atoms with E-state index in [0.29, 0.717) is 23.0 Å². The van der Waals surface area contributed by atoms with Crippen LogP contribution in [0.5, 0.6) is 11.5 Å². The first-order chi connectivity index (χ1) is 21.6. The van der Waals surface area contributed by atoms with Gasteiger partial charge in [-0.05, 0) is 50.1 Å². The molecule has 0 aliphatic carbocycles. The van der Waals surface area contributed by atoms with Gasteiger partial charge in [0.1, 0.15) is 28.9 Å². The molecule has 0 bridgehead atoms. The average Bonchev–Trinajstić information content (AvgIpc) is 3.39. The van der Waals surface area contributed by atoms with Gasteiger partial charge in [0.05, 0.1) is 17.1 Å². The van der Waals surface area contributed by atoms with Crippen LogP contribution in [0.15, 0.2) is 85.1 Å². The summed E-state index contributed by atoms with van der Waals surface area (Å²) in [6, 6.07) is 23.5. The van der Waals surface area contributed by atoms with Gasteiger partial charge in [-0.2, -0.15) is 5.10 Å². The molecular weight excluding hydrogens is 592 g/mol. The molecule has 3 amide bonds. The van der Waals surface area contributed by atoms with Crippen LogP contribution >= 0.6 is 0 Å². The summed E-state index contributed by atoms with van der Waals surface area (Å²) in [5.41, 5.74) is 3.45. The van der Waals surface area contributed by atoms with E-state index in [4.69, 9.17) is 9.84 Å². The predicted molar refractivity (Wildman–Crippen MR) is 176 cm³/mol. The summed E-state index contributed by atoms with van der Waals surface area (Å²) >= 11 is 0. The minimum Gasteiger partial charge on any atom is -0.457 e. The standard InChI is InChI=1S/C33H34N6O5S/c1-4-5-8-23-19-31(39(38-23)24-13-11-22(2)12-14-24)37-33(41)35-28-15-16-29(27-10-7-6-9-26(27)28)44-25-17-18-34-30(20-25)36-32(40)21-45(3,42)43/h6-7,9-20H,4-5,8,21H2,1-3H3,(H,34,36,40)(H2,35,37,41). The summed E-state index contributed by atoms with van der Waals surface area (Å²) in [7, 11) is -3.49. The topological polar surface area (TPSA) is 144 Å². The zero-order valence-electron chi connectivity index (χ0n) is 25.2. The number of amides is 3. The number of ether oxygens (including phenoxy) is 1. The Kier molecular flexibility index (Phi) is 9.43. The average molecular weight is 627 g/mol. The number of rotatable bonds is 11. The maximum absolute atomic E-state index is 13.3. The normalized spacial score (nSPS) is 11.3. The van der Waals surface area contributed by atoms with E-state index < -0.39 is 27.5 Å². The van der Waals surface area contributed by atoms with Gasteiger partial charge in [0.25, 0.3) is 0 Å². The second kappa shape index (κ2) is 13.6. The fourth-order valence-electron chi connectivity index (χ4n) is 4.71. The number of nitrogens with one attached hydrogen (secondary N) is 3. The maximum Gasteiger partial charge on any atom is 0.324 e. The molecule has 0 fully saturated rings. The van der Waals surface area contributed by atoms with Crippen molar-refractivity contribution in [3.05, 3.63) is 96.3 Å². The van der Waals surface area contributed by atoms with Crippen LogP contribution in [0.2, 0.25) is 0 Å². The van der Waals surface area contributed by atoms with Crippen LogP contribution in [0.25, 0.3) is 16.5 Å². The van der Waals surface area contributed by atoms with Gasteiger partial charge in [0.15, 0.2) is 9.84 Å². The van der Waals surface area contributed by atoms with Crippen molar-refractivity contribution in [1.29, 1.82) is 0 Å². The first-order valence-corrected chi connectivity index (χ1v) is 16.5. The SMILES string of the molecule is CCCCc1cc(NC(=O)Nc2ccc(Oc3ccnc(NC(=O)CS(C)(=O)=O)c3)c3ccccc23)n(-c2ccc(C)cc2)n1. The lowest BCUT2D eigenvalue weighted by molar-refractivity contribution is -0.113. The first-order valence-electron chi connectivity index (χ1n) is 14.4. The van der Waals surface area contributed by atoms with E-state index in [1.807, 2.05) is 61.5 Å². The number of carbonyl (C=O) groups is 2. The van der Waals surface area contributed by atoms with Gasteiger partial charge in [-0.25, -0.2) is 22.9 Å². The van der Waals surface area contributed by atoms with E-state index in [0.717, 1.165) is 53.2 Å². The molecule has 2 aromatic heterocycles. The molecule has 3 aromatic carbocycles. The fraction of sp³-hybridized carbons (Fsp3) is 0.212. The fourth-order valence-corrected chi connectivity index (χ4v) is 5.26. The van der Waals surface area contributed by atoms with Crippen LogP contribution in [-0.4, -0.2) is 47.1 Å². The van der Waals surface area contributed by atoms with Crippen molar-refractivity contribution in [1.82, 2.24) is 14.8 Å². The molecule has 45 heavy (non-hydrogen) atoms. The highest BCUT2D eigenvalue weighted by atomic mass is 32.2. The Morgan fingerprint density at radius 3 is 2.40 bits per heavy atom. The molecule has 2 heterocycles. The number of benzene rings is 3. The second-order valence-corrected chi connectivity index (χ2v) is 12.8. The van der Waals surface area contributed by atoms with Crippen molar-refractivity contribution in [2.24, 2.45) is 0 Å². The highest BCUT2D eigenvalue weighted by Gasteiger charge is 2.16. The molecule has 0 spiro atoms. The third kappa shape index (κ3) is 8.24. The summed E-state index contributed by atoms with van der Waals surface area (Å²) in [6.07, 6.45) is 5.28. The number of hydrogen-bond acceptors (Lipinski definition) is 7. The van der Waals surface area contributed by atoms with E-state index in [1.54, 1.807) is 22.9 Å². The molecule has 0 unspecified atom stereocenters. The first kappa shape index (κ1) is 31.2. The molecule has 0 aliphatic heterocycles. The molecule has 5 rings (SSSR count). The van der Waals surface area contributed by atoms with Crippen LogP contribution in [0.4, 0.5) is 22.1 Å². The number of fused-ring (bicyclic) bond motifs is 1. The van der Waals surface area contributed by atoms with Crippen LogP contribution < -0.4 is 20.7 Å². The van der Waals surface area contributed by atoms with Gasteiger partial charge in [-0.1, -0.05) is 55.3 Å². The number of carbonyl (C=O) groups excluding carboxylic acids is 2. The Morgan fingerprint density at radius 2 is 1.67 bits per heavy atom. The van der Waals surface area contributed by atoms with Gasteiger partial charge in [0, 0.05) is 35.4 Å². The summed E-state index contributed by atoms with van der Waals surface area (Å²) in [5.74, 6) is 0.258. The largest absolute Gasteiger partial charge is 0.457 e. The molecule has 232 valence electrons. The van der Waals surface area contributed by atoms with Crippen LogP contribution in [-0.2, 0) is 21.1 Å². The third-order valence-corrected chi connectivity index (χ3v) is 7.61. The van der Waals surface area contributed by atoms with E-state index in [2.05, 4.69) is 27.9 Å². The van der Waals surface area contributed by atoms with Gasteiger partial charge in [-0.15, -0.1) is 0 Å². The van der Waals surface area contributed by atoms with Crippen molar-refractivity contribution < 1.29 is 22.7 Å². The number of pyridine rings is 1. The van der Waals surface area contributed by atoms with Crippen LogP contribution in [0.3, 0.4) is 0 Å². The molecule has 11 nitrogen and oxygen atoms in total. The Morgan fingerprint density at radius 1 is 0.911 bits per heavy atom. The highest BCUT2D eigenvalue weighted by molar-refractivity contribution is 7.91. The minimum absolute atomic E-state index is 0.156. The summed E-state index contributed by atoms with van der Waals surface area (Å²) in [5, 5.41) is 14.6. The number of anilines is 3. The van der Waals surface area contributed by atoms with E-state index in [1.165, 1.54) is 12.3 Å². The number of hydrogen-bond donors (Lipinski definition) is 3. The molecule has 0 atom stereocenters. The zero-order valence-corrected chi connectivity index (χ0v) is 26.0. The molecule has 5 aromatic rings. The minimum atomic E-state index is -3.49. The predicted octanol–water partition coefficient (Wildman–Crippen LogP) is 6.49. The van der Waals surface area contributed by atoms with E-state index >= 15 is 0 Å². The number of unbranched alkanes of at least 4 members (excludes halogenated alkanes) is 1. The van der Waals surface area contributed by atoms with Crippen LogP contribution in [0.1, 0.15) is 31.0 Å².